The van der Waals surface area contributed by atoms with Crippen molar-refractivity contribution in [1.82, 2.24) is 5.32 Å². The van der Waals surface area contributed by atoms with Crippen LogP contribution in [0.3, 0.4) is 0 Å². The van der Waals surface area contributed by atoms with E-state index in [1.54, 1.807) is 0 Å². The Morgan fingerprint density at radius 2 is 1.75 bits per heavy atom. The van der Waals surface area contributed by atoms with Crippen LogP contribution in [0.15, 0.2) is 0 Å². The van der Waals surface area contributed by atoms with Gasteiger partial charge in [-0.2, -0.15) is 0 Å². The second-order valence-electron chi connectivity index (χ2n) is 5.34. The van der Waals surface area contributed by atoms with Crippen LogP contribution in [0, 0.1) is 11.8 Å². The van der Waals surface area contributed by atoms with Crippen LogP contribution in [-0.2, 0) is 4.79 Å². The predicted molar refractivity (Wildman–Crippen MR) is 62.9 cm³/mol. The van der Waals surface area contributed by atoms with Gasteiger partial charge >= 0.3 is 0 Å². The topological polar surface area (TPSA) is 49.3 Å². The quantitative estimate of drug-likeness (QED) is 0.717. The van der Waals surface area contributed by atoms with Crippen molar-refractivity contribution in [2.45, 2.75) is 57.5 Å². The fraction of sp³-hybridized carbons (Fsp3) is 0.923. The zero-order chi connectivity index (χ0) is 11.4. The number of amides is 1. The van der Waals surface area contributed by atoms with Crippen LogP contribution in [0.5, 0.6) is 0 Å². The molecule has 1 unspecified atom stereocenters. The molecule has 0 aromatic rings. The van der Waals surface area contributed by atoms with Gasteiger partial charge in [0.2, 0.25) is 5.91 Å². The zero-order valence-electron chi connectivity index (χ0n) is 9.95. The highest BCUT2D eigenvalue weighted by Gasteiger charge is 2.30. The fourth-order valence-corrected chi connectivity index (χ4v) is 2.54. The monoisotopic (exact) mass is 225 g/mol. The highest BCUT2D eigenvalue weighted by molar-refractivity contribution is 5.78. The molecule has 3 heteroatoms. The summed E-state index contributed by atoms with van der Waals surface area (Å²) in [4.78, 5) is 11.9. The molecule has 2 saturated carbocycles. The molecule has 0 spiro atoms. The Hall–Kier alpha value is -0.570. The van der Waals surface area contributed by atoms with Crippen LogP contribution >= 0.6 is 0 Å². The summed E-state index contributed by atoms with van der Waals surface area (Å²) in [6.07, 6.45) is 8.92. The first-order valence-electron chi connectivity index (χ1n) is 6.73. The van der Waals surface area contributed by atoms with E-state index in [1.807, 2.05) is 0 Å². The van der Waals surface area contributed by atoms with Gasteiger partial charge in [0.25, 0.3) is 0 Å². The lowest BCUT2D eigenvalue weighted by Crippen LogP contribution is -2.37. The smallest absolute Gasteiger partial charge is 0.223 e. The lowest BCUT2D eigenvalue weighted by atomic mass is 9.99. The Labute approximate surface area is 97.6 Å². The molecule has 0 radical (unpaired) electrons. The summed E-state index contributed by atoms with van der Waals surface area (Å²) >= 11 is 0. The molecule has 0 heterocycles. The van der Waals surface area contributed by atoms with Gasteiger partial charge in [0.15, 0.2) is 0 Å². The van der Waals surface area contributed by atoms with Crippen LogP contribution in [0.4, 0.5) is 0 Å². The summed E-state index contributed by atoms with van der Waals surface area (Å²) in [7, 11) is 0. The number of aliphatic hydroxyl groups is 1. The molecule has 2 fully saturated rings. The largest absolute Gasteiger partial charge is 0.391 e. The Morgan fingerprint density at radius 1 is 1.12 bits per heavy atom. The molecule has 16 heavy (non-hydrogen) atoms. The van der Waals surface area contributed by atoms with E-state index in [0.717, 1.165) is 25.7 Å². The highest BCUT2D eigenvalue weighted by atomic mass is 16.3. The second-order valence-corrected chi connectivity index (χ2v) is 5.34. The number of rotatable bonds is 4. The molecule has 0 aromatic carbocycles. The molecule has 2 aliphatic carbocycles. The van der Waals surface area contributed by atoms with Gasteiger partial charge < -0.3 is 10.4 Å². The van der Waals surface area contributed by atoms with E-state index in [0.29, 0.717) is 12.5 Å². The van der Waals surface area contributed by atoms with Crippen molar-refractivity contribution in [2.75, 3.05) is 6.54 Å². The van der Waals surface area contributed by atoms with Crippen molar-refractivity contribution in [3.05, 3.63) is 0 Å². The van der Waals surface area contributed by atoms with Crippen LogP contribution in [0.2, 0.25) is 0 Å². The Bertz CT molecular complexity index is 230. The molecular formula is C13H23NO2. The van der Waals surface area contributed by atoms with E-state index in [9.17, 15) is 9.90 Å². The van der Waals surface area contributed by atoms with Gasteiger partial charge in [0, 0.05) is 12.5 Å². The summed E-state index contributed by atoms with van der Waals surface area (Å²) in [6.45, 7) is 0.458. The summed E-state index contributed by atoms with van der Waals surface area (Å²) in [6, 6.07) is 0. The molecule has 2 aliphatic rings. The standard InChI is InChI=1S/C13H23NO2/c15-12(10-7-8-10)9-14-13(16)11-5-3-1-2-4-6-11/h10-12,15H,1-9H2,(H,14,16). The first kappa shape index (κ1) is 11.9. The average molecular weight is 225 g/mol. The molecule has 1 atom stereocenters. The van der Waals surface area contributed by atoms with Gasteiger partial charge in [-0.1, -0.05) is 25.7 Å². The molecule has 92 valence electrons. The number of hydrogen-bond acceptors (Lipinski definition) is 2. The van der Waals surface area contributed by atoms with Crippen molar-refractivity contribution < 1.29 is 9.90 Å². The lowest BCUT2D eigenvalue weighted by molar-refractivity contribution is -0.125. The Morgan fingerprint density at radius 3 is 2.31 bits per heavy atom. The maximum atomic E-state index is 11.9. The third kappa shape index (κ3) is 3.48. The van der Waals surface area contributed by atoms with Gasteiger partial charge in [0.1, 0.15) is 0 Å². The molecule has 0 bridgehead atoms. The van der Waals surface area contributed by atoms with Crippen molar-refractivity contribution in [3.8, 4) is 0 Å². The van der Waals surface area contributed by atoms with Crippen molar-refractivity contribution >= 4 is 5.91 Å². The highest BCUT2D eigenvalue weighted by Crippen LogP contribution is 2.32. The molecular weight excluding hydrogens is 202 g/mol. The number of nitrogens with one attached hydrogen (secondary N) is 1. The summed E-state index contributed by atoms with van der Waals surface area (Å²) in [5.41, 5.74) is 0. The number of hydrogen-bond donors (Lipinski definition) is 2. The first-order chi connectivity index (χ1) is 7.77. The molecule has 2 N–H and O–H groups in total. The SMILES string of the molecule is O=C(NCC(O)C1CC1)C1CCCCCC1. The minimum Gasteiger partial charge on any atom is -0.391 e. The zero-order valence-corrected chi connectivity index (χ0v) is 9.95. The number of aliphatic hydroxyl groups excluding tert-OH is 1. The molecule has 0 aromatic heterocycles. The van der Waals surface area contributed by atoms with Gasteiger partial charge in [-0.25, -0.2) is 0 Å². The van der Waals surface area contributed by atoms with Crippen molar-refractivity contribution in [2.24, 2.45) is 11.8 Å². The summed E-state index contributed by atoms with van der Waals surface area (Å²) in [5, 5.41) is 12.6. The van der Waals surface area contributed by atoms with E-state index in [4.69, 9.17) is 0 Å². The average Bonchev–Trinajstić information content (AvgIpc) is 3.09. The molecule has 2 rings (SSSR count). The summed E-state index contributed by atoms with van der Waals surface area (Å²) in [5.74, 6) is 0.824. The maximum absolute atomic E-state index is 11.9. The Balaban J connectivity index is 1.68. The molecule has 1 amide bonds. The van der Waals surface area contributed by atoms with E-state index in [-0.39, 0.29) is 17.9 Å². The van der Waals surface area contributed by atoms with Crippen LogP contribution in [-0.4, -0.2) is 23.7 Å². The predicted octanol–water partition coefficient (Wildman–Crippen LogP) is 1.84. The van der Waals surface area contributed by atoms with E-state index in [2.05, 4.69) is 5.32 Å². The van der Waals surface area contributed by atoms with Crippen molar-refractivity contribution in [3.63, 3.8) is 0 Å². The molecule has 3 nitrogen and oxygen atoms in total. The third-order valence-corrected chi connectivity index (χ3v) is 3.88. The minimum absolute atomic E-state index is 0.168. The minimum atomic E-state index is -0.310. The molecule has 0 saturated heterocycles. The first-order valence-corrected chi connectivity index (χ1v) is 6.73. The number of carbonyl (C=O) groups is 1. The van der Waals surface area contributed by atoms with Gasteiger partial charge in [-0.05, 0) is 31.6 Å². The van der Waals surface area contributed by atoms with Gasteiger partial charge in [-0.3, -0.25) is 4.79 Å². The molecule has 0 aliphatic heterocycles. The maximum Gasteiger partial charge on any atom is 0.223 e. The van der Waals surface area contributed by atoms with Gasteiger partial charge in [0.05, 0.1) is 6.10 Å². The lowest BCUT2D eigenvalue weighted by Gasteiger charge is -2.16. The van der Waals surface area contributed by atoms with E-state index in [1.165, 1.54) is 25.7 Å². The normalized spacial score (nSPS) is 24.8. The number of carbonyl (C=O) groups excluding carboxylic acids is 1. The van der Waals surface area contributed by atoms with Gasteiger partial charge in [-0.15, -0.1) is 0 Å². The van der Waals surface area contributed by atoms with Crippen LogP contribution in [0.25, 0.3) is 0 Å². The Kier molecular flexibility index (Phi) is 4.22. The van der Waals surface area contributed by atoms with E-state index >= 15 is 0 Å². The summed E-state index contributed by atoms with van der Waals surface area (Å²) < 4.78 is 0. The fourth-order valence-electron chi connectivity index (χ4n) is 2.54. The third-order valence-electron chi connectivity index (χ3n) is 3.88. The van der Waals surface area contributed by atoms with Crippen LogP contribution < -0.4 is 5.32 Å². The van der Waals surface area contributed by atoms with E-state index < -0.39 is 0 Å². The second kappa shape index (κ2) is 5.67. The van der Waals surface area contributed by atoms with Crippen molar-refractivity contribution in [1.29, 1.82) is 0 Å². The van der Waals surface area contributed by atoms with Crippen LogP contribution in [0.1, 0.15) is 51.4 Å².